The van der Waals surface area contributed by atoms with Gasteiger partial charge >= 0.3 is 0 Å². The predicted molar refractivity (Wildman–Crippen MR) is 59.6 cm³/mol. The van der Waals surface area contributed by atoms with E-state index in [-0.39, 0.29) is 4.90 Å². The van der Waals surface area contributed by atoms with Crippen molar-refractivity contribution < 1.29 is 13.0 Å². The van der Waals surface area contributed by atoms with Gasteiger partial charge < -0.3 is 0 Å². The maximum absolute atomic E-state index is 11.1. The van der Waals surface area contributed by atoms with E-state index in [0.717, 1.165) is 5.56 Å². The zero-order valence-electron chi connectivity index (χ0n) is 9.14. The van der Waals surface area contributed by atoms with Gasteiger partial charge in [-0.1, -0.05) is 24.6 Å². The summed E-state index contributed by atoms with van der Waals surface area (Å²) in [5, 5.41) is 8.93. The van der Waals surface area contributed by atoms with Gasteiger partial charge in [0, 0.05) is 0 Å². The summed E-state index contributed by atoms with van der Waals surface area (Å²) in [6.45, 7) is 3.60. The normalized spacial score (nSPS) is 13.1. The molecule has 0 bridgehead atoms. The largest absolute Gasteiger partial charge is 0.294 e. The van der Waals surface area contributed by atoms with Crippen LogP contribution in [0.4, 0.5) is 0 Å². The van der Waals surface area contributed by atoms with Crippen molar-refractivity contribution in [3.05, 3.63) is 29.3 Å². The van der Waals surface area contributed by atoms with Crippen molar-refractivity contribution in [2.45, 2.75) is 31.1 Å². The van der Waals surface area contributed by atoms with Crippen LogP contribution in [0.15, 0.2) is 23.1 Å². The van der Waals surface area contributed by atoms with Crippen LogP contribution < -0.4 is 0 Å². The molecular weight excluding hydrogens is 226 g/mol. The fourth-order valence-electron chi connectivity index (χ4n) is 1.56. The summed E-state index contributed by atoms with van der Waals surface area (Å²) in [6, 6.07) is 6.58. The molecule has 1 N–H and O–H groups in total. The van der Waals surface area contributed by atoms with E-state index < -0.39 is 16.0 Å². The molecule has 1 atom stereocenters. The van der Waals surface area contributed by atoms with Crippen molar-refractivity contribution in [1.29, 1.82) is 5.26 Å². The van der Waals surface area contributed by atoms with Crippen LogP contribution in [0.5, 0.6) is 0 Å². The molecule has 86 valence electrons. The Morgan fingerprint density at radius 2 is 2.12 bits per heavy atom. The third-order valence-electron chi connectivity index (χ3n) is 2.38. The predicted octanol–water partition coefficient (Wildman–Crippen LogP) is 2.26. The van der Waals surface area contributed by atoms with Gasteiger partial charge in [0.1, 0.15) is 0 Å². The molecule has 0 saturated heterocycles. The standard InChI is InChI=1S/C11H13NO3S/c1-3-9(7-12)10-6-8(2)4-5-11(10)16(13,14)15/h4-6,9H,3H2,1-2H3,(H,13,14,15). The number of hydrogen-bond acceptors (Lipinski definition) is 3. The van der Waals surface area contributed by atoms with Crippen molar-refractivity contribution in [1.82, 2.24) is 0 Å². The number of aryl methyl sites for hydroxylation is 1. The summed E-state index contributed by atoms with van der Waals surface area (Å²) in [5.74, 6) is -0.517. The number of benzene rings is 1. The Morgan fingerprint density at radius 1 is 1.50 bits per heavy atom. The first-order chi connectivity index (χ1) is 7.40. The van der Waals surface area contributed by atoms with Crippen molar-refractivity contribution in [2.75, 3.05) is 0 Å². The molecule has 0 aliphatic heterocycles. The molecule has 0 spiro atoms. The van der Waals surface area contributed by atoms with E-state index in [0.29, 0.717) is 12.0 Å². The highest BCUT2D eigenvalue weighted by molar-refractivity contribution is 7.85. The van der Waals surface area contributed by atoms with Gasteiger partial charge in [0.05, 0.1) is 16.9 Å². The molecule has 0 aromatic heterocycles. The van der Waals surface area contributed by atoms with Crippen LogP contribution in [0.25, 0.3) is 0 Å². The lowest BCUT2D eigenvalue weighted by atomic mass is 9.96. The maximum Gasteiger partial charge on any atom is 0.294 e. The molecule has 0 radical (unpaired) electrons. The topological polar surface area (TPSA) is 78.2 Å². The zero-order chi connectivity index (χ0) is 12.3. The molecule has 0 aliphatic carbocycles. The highest BCUT2D eigenvalue weighted by atomic mass is 32.2. The Labute approximate surface area is 95.3 Å². The molecule has 16 heavy (non-hydrogen) atoms. The molecule has 1 unspecified atom stereocenters. The summed E-state index contributed by atoms with van der Waals surface area (Å²) in [4.78, 5) is -0.175. The van der Waals surface area contributed by atoms with Crippen LogP contribution >= 0.6 is 0 Å². The summed E-state index contributed by atoms with van der Waals surface area (Å²) >= 11 is 0. The first kappa shape index (κ1) is 12.7. The van der Waals surface area contributed by atoms with Gasteiger partial charge in [-0.25, -0.2) is 0 Å². The quantitative estimate of drug-likeness (QED) is 0.820. The highest BCUT2D eigenvalue weighted by Crippen LogP contribution is 2.27. The third kappa shape index (κ3) is 2.60. The van der Waals surface area contributed by atoms with Gasteiger partial charge in [0.15, 0.2) is 0 Å². The van der Waals surface area contributed by atoms with Gasteiger partial charge in [-0.05, 0) is 25.0 Å². The second-order valence-electron chi connectivity index (χ2n) is 3.61. The minimum Gasteiger partial charge on any atom is -0.282 e. The first-order valence-corrected chi connectivity index (χ1v) is 6.31. The van der Waals surface area contributed by atoms with E-state index in [4.69, 9.17) is 9.81 Å². The lowest BCUT2D eigenvalue weighted by molar-refractivity contribution is 0.481. The third-order valence-corrected chi connectivity index (χ3v) is 3.31. The van der Waals surface area contributed by atoms with Crippen molar-refractivity contribution in [2.24, 2.45) is 0 Å². The number of nitrogens with zero attached hydrogens (tertiary/aromatic N) is 1. The molecule has 0 saturated carbocycles. The summed E-state index contributed by atoms with van der Waals surface area (Å²) < 4.78 is 31.4. The molecular formula is C11H13NO3S. The van der Waals surface area contributed by atoms with Crippen LogP contribution in [0.2, 0.25) is 0 Å². The minimum absolute atomic E-state index is 0.175. The lowest BCUT2D eigenvalue weighted by Gasteiger charge is -2.11. The van der Waals surface area contributed by atoms with Crippen LogP contribution in [0, 0.1) is 18.3 Å². The molecule has 0 aliphatic rings. The number of rotatable bonds is 3. The molecule has 0 heterocycles. The fourth-order valence-corrected chi connectivity index (χ4v) is 2.29. The van der Waals surface area contributed by atoms with E-state index in [1.54, 1.807) is 26.0 Å². The van der Waals surface area contributed by atoms with Crippen LogP contribution in [-0.2, 0) is 10.1 Å². The molecule has 1 aromatic rings. The second-order valence-corrected chi connectivity index (χ2v) is 5.00. The SMILES string of the molecule is CCC(C#N)c1cc(C)ccc1S(=O)(=O)O. The van der Waals surface area contributed by atoms with Crippen molar-refractivity contribution in [3.8, 4) is 6.07 Å². The van der Waals surface area contributed by atoms with Gasteiger partial charge in [0.2, 0.25) is 0 Å². The Hall–Kier alpha value is -1.38. The maximum atomic E-state index is 11.1. The van der Waals surface area contributed by atoms with Crippen LogP contribution in [0.1, 0.15) is 30.4 Å². The Bertz CT molecular complexity index is 529. The molecule has 1 aromatic carbocycles. The smallest absolute Gasteiger partial charge is 0.282 e. The van der Waals surface area contributed by atoms with E-state index in [1.807, 2.05) is 6.07 Å². The van der Waals surface area contributed by atoms with E-state index in [2.05, 4.69) is 0 Å². The average molecular weight is 239 g/mol. The Kier molecular flexibility index (Phi) is 3.68. The van der Waals surface area contributed by atoms with Crippen molar-refractivity contribution in [3.63, 3.8) is 0 Å². The van der Waals surface area contributed by atoms with Gasteiger partial charge in [0.25, 0.3) is 10.1 Å². The van der Waals surface area contributed by atoms with E-state index in [1.165, 1.54) is 6.07 Å². The first-order valence-electron chi connectivity index (χ1n) is 4.87. The van der Waals surface area contributed by atoms with Crippen LogP contribution in [0.3, 0.4) is 0 Å². The number of nitriles is 1. The minimum atomic E-state index is -4.27. The average Bonchev–Trinajstić information content (AvgIpc) is 2.17. The van der Waals surface area contributed by atoms with Gasteiger partial charge in [-0.15, -0.1) is 0 Å². The van der Waals surface area contributed by atoms with Crippen LogP contribution in [-0.4, -0.2) is 13.0 Å². The molecule has 1 rings (SSSR count). The molecule has 0 fully saturated rings. The Morgan fingerprint density at radius 3 is 2.56 bits per heavy atom. The monoisotopic (exact) mass is 239 g/mol. The van der Waals surface area contributed by atoms with E-state index >= 15 is 0 Å². The lowest BCUT2D eigenvalue weighted by Crippen LogP contribution is -2.06. The van der Waals surface area contributed by atoms with Gasteiger partial charge in [-0.2, -0.15) is 13.7 Å². The second kappa shape index (κ2) is 4.64. The highest BCUT2D eigenvalue weighted by Gasteiger charge is 2.20. The summed E-state index contributed by atoms with van der Waals surface area (Å²) in [5.41, 5.74) is 1.23. The fraction of sp³-hybridized carbons (Fsp3) is 0.364. The summed E-state index contributed by atoms with van der Waals surface area (Å²) in [6.07, 6.45) is 0.502. The zero-order valence-corrected chi connectivity index (χ0v) is 9.95. The molecule has 5 heteroatoms. The Balaban J connectivity index is 3.47. The molecule has 0 amide bonds. The number of hydrogen-bond donors (Lipinski definition) is 1. The van der Waals surface area contributed by atoms with Crippen molar-refractivity contribution >= 4 is 10.1 Å². The molecule has 4 nitrogen and oxygen atoms in total. The van der Waals surface area contributed by atoms with Gasteiger partial charge in [-0.3, -0.25) is 4.55 Å². The summed E-state index contributed by atoms with van der Waals surface area (Å²) in [7, 11) is -4.27. The van der Waals surface area contributed by atoms with E-state index in [9.17, 15) is 8.42 Å².